The van der Waals surface area contributed by atoms with E-state index in [1.807, 2.05) is 61.2 Å². The summed E-state index contributed by atoms with van der Waals surface area (Å²) in [5.41, 5.74) is 0.545. The summed E-state index contributed by atoms with van der Waals surface area (Å²) >= 11 is 5.77. The number of nitrogens with one attached hydrogen (secondary N) is 1. The van der Waals surface area contributed by atoms with Crippen LogP contribution < -0.4 is 24.4 Å². The minimum absolute atomic E-state index is 0.0529. The summed E-state index contributed by atoms with van der Waals surface area (Å²) in [5, 5.41) is 3.89. The summed E-state index contributed by atoms with van der Waals surface area (Å²) in [4.78, 5) is 16.9. The van der Waals surface area contributed by atoms with Crippen molar-refractivity contribution in [3.8, 4) is 17.2 Å². The van der Waals surface area contributed by atoms with E-state index in [1.165, 1.54) is 0 Å². The molecule has 7 nitrogen and oxygen atoms in total. The van der Waals surface area contributed by atoms with Crippen molar-refractivity contribution >= 4 is 28.9 Å². The molecular formula is C23H27N3O4S. The van der Waals surface area contributed by atoms with Crippen LogP contribution in [0, 0.1) is 5.92 Å². The lowest BCUT2D eigenvalue weighted by molar-refractivity contribution is -0.144. The van der Waals surface area contributed by atoms with Gasteiger partial charge in [-0.25, -0.2) is 0 Å². The molecule has 1 saturated heterocycles. The first-order valence-electron chi connectivity index (χ1n) is 10.2. The smallest absolute Gasteiger partial charge is 0.233 e. The van der Waals surface area contributed by atoms with Crippen molar-refractivity contribution in [2.24, 2.45) is 5.92 Å². The molecule has 31 heavy (non-hydrogen) atoms. The molecule has 1 N–H and O–H groups in total. The molecule has 1 amide bonds. The molecule has 2 aliphatic rings. The van der Waals surface area contributed by atoms with Gasteiger partial charge in [0.2, 0.25) is 5.91 Å². The Hall–Kier alpha value is -3.00. The van der Waals surface area contributed by atoms with Crippen molar-refractivity contribution in [2.75, 3.05) is 32.7 Å². The first-order valence-corrected chi connectivity index (χ1v) is 10.6. The summed E-state index contributed by atoms with van der Waals surface area (Å²) in [6.45, 7) is 4.34. The molecule has 2 heterocycles. The van der Waals surface area contributed by atoms with E-state index < -0.39 is 11.6 Å². The maximum atomic E-state index is 13.4. The Morgan fingerprint density at radius 2 is 2.03 bits per heavy atom. The number of methoxy groups -OCH3 is 1. The Bertz CT molecular complexity index is 1030. The zero-order chi connectivity index (χ0) is 22.3. The van der Waals surface area contributed by atoms with Crippen LogP contribution in [0.4, 0.5) is 5.69 Å². The second kappa shape index (κ2) is 7.92. The van der Waals surface area contributed by atoms with Crippen LogP contribution in [-0.2, 0) is 4.79 Å². The van der Waals surface area contributed by atoms with Gasteiger partial charge in [-0.2, -0.15) is 0 Å². The van der Waals surface area contributed by atoms with Gasteiger partial charge in [0.25, 0.3) is 0 Å². The van der Waals surface area contributed by atoms with E-state index in [0.29, 0.717) is 29.0 Å². The maximum absolute atomic E-state index is 13.4. The second-order valence-corrected chi connectivity index (χ2v) is 8.33. The van der Waals surface area contributed by atoms with Crippen LogP contribution >= 0.6 is 12.2 Å². The monoisotopic (exact) mass is 441 g/mol. The van der Waals surface area contributed by atoms with E-state index in [4.69, 9.17) is 26.4 Å². The minimum Gasteiger partial charge on any atom is -0.497 e. The molecule has 3 atom stereocenters. The van der Waals surface area contributed by atoms with E-state index in [1.54, 1.807) is 26.1 Å². The van der Waals surface area contributed by atoms with E-state index >= 15 is 0 Å². The molecule has 0 aromatic heterocycles. The fourth-order valence-corrected chi connectivity index (χ4v) is 4.85. The third kappa shape index (κ3) is 3.35. The molecule has 0 unspecified atom stereocenters. The number of anilines is 1. The predicted molar refractivity (Wildman–Crippen MR) is 123 cm³/mol. The third-order valence-corrected chi connectivity index (χ3v) is 6.11. The highest BCUT2D eigenvalue weighted by molar-refractivity contribution is 7.80. The van der Waals surface area contributed by atoms with Gasteiger partial charge >= 0.3 is 0 Å². The Kier molecular flexibility index (Phi) is 5.43. The SMILES string of the molecule is CCOc1cccc2c1O[C@@]1(C)[C@H](C(=O)N(C)C)[C@H]2NC(=S)N1c1cccc(OC)c1. The first-order chi connectivity index (χ1) is 14.8. The molecule has 4 rings (SSSR count). The van der Waals surface area contributed by atoms with E-state index in [0.717, 1.165) is 11.3 Å². The van der Waals surface area contributed by atoms with Gasteiger partial charge in [-0.15, -0.1) is 0 Å². The average Bonchev–Trinajstić information content (AvgIpc) is 2.73. The standard InChI is InChI=1S/C23H27N3O4S/c1-6-29-17-12-8-11-16-19-18(21(27)25(3)4)23(2,30-20(16)17)26(22(31)24-19)14-9-7-10-15(13-14)28-5/h7-13,18-19H,6H2,1-5H3,(H,24,31)/t18-,19-,23-/m0/s1. The van der Waals surface area contributed by atoms with Gasteiger partial charge in [-0.05, 0) is 44.3 Å². The molecule has 2 aromatic rings. The van der Waals surface area contributed by atoms with Crippen molar-refractivity contribution in [3.05, 3.63) is 48.0 Å². The number of nitrogens with zero attached hydrogens (tertiary/aromatic N) is 2. The summed E-state index contributed by atoms with van der Waals surface area (Å²) in [6, 6.07) is 12.9. The zero-order valence-corrected chi connectivity index (χ0v) is 19.2. The molecule has 0 spiro atoms. The van der Waals surface area contributed by atoms with Crippen molar-refractivity contribution in [1.82, 2.24) is 10.2 Å². The number of benzene rings is 2. The van der Waals surface area contributed by atoms with Gasteiger partial charge in [0.15, 0.2) is 22.3 Å². The number of fused-ring (bicyclic) bond motifs is 4. The van der Waals surface area contributed by atoms with Gasteiger partial charge in [-0.1, -0.05) is 18.2 Å². The Labute approximate surface area is 187 Å². The molecule has 0 aliphatic carbocycles. The predicted octanol–water partition coefficient (Wildman–Crippen LogP) is 3.34. The van der Waals surface area contributed by atoms with E-state index in [2.05, 4.69) is 5.32 Å². The number of hydrogen-bond donors (Lipinski definition) is 1. The molecule has 2 bridgehead atoms. The second-order valence-electron chi connectivity index (χ2n) is 7.94. The number of ether oxygens (including phenoxy) is 3. The van der Waals surface area contributed by atoms with Crippen molar-refractivity contribution in [1.29, 1.82) is 0 Å². The Morgan fingerprint density at radius 3 is 2.71 bits per heavy atom. The molecule has 2 aromatic carbocycles. The Balaban J connectivity index is 1.92. The van der Waals surface area contributed by atoms with Crippen molar-refractivity contribution in [3.63, 3.8) is 0 Å². The van der Waals surface area contributed by atoms with Crippen LogP contribution in [0.15, 0.2) is 42.5 Å². The summed E-state index contributed by atoms with van der Waals surface area (Å²) in [6.07, 6.45) is 0. The van der Waals surface area contributed by atoms with Gasteiger partial charge in [0.1, 0.15) is 11.7 Å². The molecule has 0 radical (unpaired) electrons. The number of thiocarbonyl (C=S) groups is 1. The van der Waals surface area contributed by atoms with Crippen LogP contribution in [-0.4, -0.2) is 49.5 Å². The highest BCUT2D eigenvalue weighted by Crippen LogP contribution is 2.52. The molecule has 0 saturated carbocycles. The van der Waals surface area contributed by atoms with Gasteiger partial charge < -0.3 is 24.4 Å². The number of amides is 1. The first kappa shape index (κ1) is 21.2. The summed E-state index contributed by atoms with van der Waals surface area (Å²) < 4.78 is 17.9. The number of carbonyl (C=O) groups is 1. The fraction of sp³-hybridized carbons (Fsp3) is 0.391. The lowest BCUT2D eigenvalue weighted by atomic mass is 9.78. The Morgan fingerprint density at radius 1 is 1.29 bits per heavy atom. The van der Waals surface area contributed by atoms with E-state index in [9.17, 15) is 4.79 Å². The maximum Gasteiger partial charge on any atom is 0.233 e. The molecule has 1 fully saturated rings. The lowest BCUT2D eigenvalue weighted by Gasteiger charge is -2.56. The largest absolute Gasteiger partial charge is 0.497 e. The van der Waals surface area contributed by atoms with Gasteiger partial charge in [-0.3, -0.25) is 9.69 Å². The molecule has 8 heteroatoms. The summed E-state index contributed by atoms with van der Waals surface area (Å²) in [5.74, 6) is 1.36. The highest BCUT2D eigenvalue weighted by atomic mass is 32.1. The van der Waals surface area contributed by atoms with Crippen LogP contribution in [0.5, 0.6) is 17.2 Å². The quantitative estimate of drug-likeness (QED) is 0.714. The molecular weight excluding hydrogens is 414 g/mol. The molecule has 2 aliphatic heterocycles. The number of hydrogen-bond acceptors (Lipinski definition) is 5. The number of para-hydroxylation sites is 1. The summed E-state index contributed by atoms with van der Waals surface area (Å²) in [7, 11) is 5.12. The van der Waals surface area contributed by atoms with Crippen molar-refractivity contribution in [2.45, 2.75) is 25.6 Å². The van der Waals surface area contributed by atoms with Crippen LogP contribution in [0.2, 0.25) is 0 Å². The van der Waals surface area contributed by atoms with Crippen molar-refractivity contribution < 1.29 is 19.0 Å². The molecule has 164 valence electrons. The van der Waals surface area contributed by atoms with Crippen LogP contribution in [0.3, 0.4) is 0 Å². The third-order valence-electron chi connectivity index (χ3n) is 5.81. The lowest BCUT2D eigenvalue weighted by Crippen LogP contribution is -2.72. The normalized spacial score (nSPS) is 23.9. The average molecular weight is 442 g/mol. The van der Waals surface area contributed by atoms with Gasteiger partial charge in [0, 0.05) is 25.7 Å². The topological polar surface area (TPSA) is 63.3 Å². The number of carbonyl (C=O) groups excluding carboxylic acids is 1. The fourth-order valence-electron chi connectivity index (χ4n) is 4.43. The minimum atomic E-state index is -1.08. The highest BCUT2D eigenvalue weighted by Gasteiger charge is 2.60. The van der Waals surface area contributed by atoms with Crippen LogP contribution in [0.1, 0.15) is 25.5 Å². The number of rotatable bonds is 5. The van der Waals surface area contributed by atoms with Gasteiger partial charge in [0.05, 0.1) is 25.4 Å². The van der Waals surface area contributed by atoms with Crippen LogP contribution in [0.25, 0.3) is 0 Å². The zero-order valence-electron chi connectivity index (χ0n) is 18.3. The van der Waals surface area contributed by atoms with E-state index in [-0.39, 0.29) is 11.9 Å².